The summed E-state index contributed by atoms with van der Waals surface area (Å²) in [7, 11) is 0. The molecule has 1 fully saturated rings. The molecule has 0 bridgehead atoms. The van der Waals surface area contributed by atoms with Crippen LogP contribution in [0, 0.1) is 0 Å². The number of fused-ring (bicyclic) bond motifs is 1. The Kier molecular flexibility index (Phi) is 2.62. The van der Waals surface area contributed by atoms with Gasteiger partial charge in [-0.3, -0.25) is 0 Å². The maximum atomic E-state index is 3.61. The second kappa shape index (κ2) is 4.60. The summed E-state index contributed by atoms with van der Waals surface area (Å²) in [6.45, 7) is 1.95. The average molecular weight is 263 g/mol. The summed E-state index contributed by atoms with van der Waals surface area (Å²) in [4.78, 5) is 4.67. The summed E-state index contributed by atoms with van der Waals surface area (Å²) in [5.74, 6) is 1.22. The fourth-order valence-electron chi connectivity index (χ4n) is 2.91. The topological polar surface area (TPSA) is 18.5 Å². The molecule has 0 radical (unpaired) electrons. The number of hydrogen-bond acceptors (Lipinski definition) is 3. The van der Waals surface area contributed by atoms with E-state index < -0.39 is 0 Å². The zero-order chi connectivity index (χ0) is 13.4. The molecule has 0 aliphatic carbocycles. The molecule has 100 valence electrons. The van der Waals surface area contributed by atoms with Gasteiger partial charge in [-0.15, -0.1) is 0 Å². The number of benzene rings is 2. The summed E-state index contributed by atoms with van der Waals surface area (Å²) in [6.07, 6.45) is 2.21. The molecule has 4 rings (SSSR count). The van der Waals surface area contributed by atoms with Gasteiger partial charge >= 0.3 is 0 Å². The molecule has 1 N–H and O–H groups in total. The van der Waals surface area contributed by atoms with Crippen molar-refractivity contribution in [2.75, 3.05) is 18.1 Å². The van der Waals surface area contributed by atoms with E-state index in [-0.39, 0.29) is 0 Å². The van der Waals surface area contributed by atoms with E-state index in [1.54, 1.807) is 0 Å². The predicted octanol–water partition coefficient (Wildman–Crippen LogP) is 2.91. The molecule has 3 heteroatoms. The van der Waals surface area contributed by atoms with Crippen LogP contribution in [-0.2, 0) is 0 Å². The lowest BCUT2D eigenvalue weighted by Crippen LogP contribution is -2.26. The molecule has 0 unspecified atom stereocenters. The molecule has 1 saturated heterocycles. The minimum Gasteiger partial charge on any atom is -0.362 e. The van der Waals surface area contributed by atoms with E-state index in [0.29, 0.717) is 6.04 Å². The maximum absolute atomic E-state index is 3.61. The van der Waals surface area contributed by atoms with Crippen LogP contribution >= 0.6 is 0 Å². The maximum Gasteiger partial charge on any atom is 0.120 e. The van der Waals surface area contributed by atoms with Gasteiger partial charge in [0.2, 0.25) is 0 Å². The number of anilines is 1. The number of hydrogen-bond donors (Lipinski definition) is 1. The van der Waals surface area contributed by atoms with E-state index in [2.05, 4.69) is 82.0 Å². The van der Waals surface area contributed by atoms with Crippen LogP contribution in [0.5, 0.6) is 0 Å². The van der Waals surface area contributed by atoms with Gasteiger partial charge in [-0.2, -0.15) is 0 Å². The highest BCUT2D eigenvalue weighted by atomic mass is 15.4. The fourth-order valence-corrected chi connectivity index (χ4v) is 2.91. The minimum absolute atomic E-state index is 0.403. The van der Waals surface area contributed by atoms with Gasteiger partial charge in [-0.05, 0) is 17.7 Å². The van der Waals surface area contributed by atoms with Crippen molar-refractivity contribution in [2.45, 2.75) is 6.04 Å². The summed E-state index contributed by atoms with van der Waals surface area (Å²) in [5, 5.41) is 3.61. The highest BCUT2D eigenvalue weighted by molar-refractivity contribution is 5.51. The standard InChI is InChI=1S/C17H17N3/c1-3-7-14(8-4-1)16-11-20-13-19(12-17(20)18-16)15-9-5-2-6-10-15/h1-10,12,16,18H,11,13H2/t16-/m0/s1. The lowest BCUT2D eigenvalue weighted by molar-refractivity contribution is 0.416. The molecule has 0 spiro atoms. The van der Waals surface area contributed by atoms with Crippen LogP contribution < -0.4 is 10.2 Å². The van der Waals surface area contributed by atoms with Crippen molar-refractivity contribution in [3.63, 3.8) is 0 Å². The largest absolute Gasteiger partial charge is 0.362 e. The minimum atomic E-state index is 0.403. The number of nitrogens with one attached hydrogen (secondary N) is 1. The highest BCUT2D eigenvalue weighted by Crippen LogP contribution is 2.30. The van der Waals surface area contributed by atoms with Crippen LogP contribution in [0.1, 0.15) is 11.6 Å². The molecule has 2 aromatic rings. The number of rotatable bonds is 2. The van der Waals surface area contributed by atoms with Gasteiger partial charge in [-0.1, -0.05) is 48.5 Å². The van der Waals surface area contributed by atoms with Crippen molar-refractivity contribution >= 4 is 5.69 Å². The lowest BCUT2D eigenvalue weighted by atomic mass is 10.1. The van der Waals surface area contributed by atoms with Crippen LogP contribution in [0.4, 0.5) is 5.69 Å². The van der Waals surface area contributed by atoms with E-state index in [0.717, 1.165) is 13.2 Å². The molecular formula is C17H17N3. The SMILES string of the molecule is C1=C2N[C@H](c3ccccc3)CN2CN1c1ccccc1. The van der Waals surface area contributed by atoms with Crippen molar-refractivity contribution < 1.29 is 0 Å². The molecule has 2 aromatic carbocycles. The molecular weight excluding hydrogens is 246 g/mol. The molecule has 2 aliphatic heterocycles. The van der Waals surface area contributed by atoms with Gasteiger partial charge < -0.3 is 15.1 Å². The van der Waals surface area contributed by atoms with E-state index in [4.69, 9.17) is 0 Å². The van der Waals surface area contributed by atoms with Crippen molar-refractivity contribution in [3.8, 4) is 0 Å². The molecule has 0 aromatic heterocycles. The Bertz CT molecular complexity index is 621. The Morgan fingerprint density at radius 2 is 1.60 bits per heavy atom. The molecule has 2 heterocycles. The van der Waals surface area contributed by atoms with Crippen LogP contribution in [0.25, 0.3) is 0 Å². The molecule has 2 aliphatic rings. The van der Waals surface area contributed by atoms with E-state index in [1.165, 1.54) is 17.1 Å². The third-order valence-corrected chi connectivity index (χ3v) is 3.96. The third-order valence-electron chi connectivity index (χ3n) is 3.96. The molecule has 20 heavy (non-hydrogen) atoms. The van der Waals surface area contributed by atoms with E-state index in [9.17, 15) is 0 Å². The van der Waals surface area contributed by atoms with Crippen LogP contribution in [0.3, 0.4) is 0 Å². The van der Waals surface area contributed by atoms with Crippen LogP contribution in [0.2, 0.25) is 0 Å². The first-order valence-electron chi connectivity index (χ1n) is 7.00. The molecule has 1 atom stereocenters. The predicted molar refractivity (Wildman–Crippen MR) is 80.9 cm³/mol. The average Bonchev–Trinajstić information content (AvgIpc) is 3.08. The first-order valence-corrected chi connectivity index (χ1v) is 7.00. The summed E-state index contributed by atoms with van der Waals surface area (Å²) >= 11 is 0. The van der Waals surface area contributed by atoms with Gasteiger partial charge in [0.1, 0.15) is 5.82 Å². The smallest absolute Gasteiger partial charge is 0.120 e. The molecule has 0 amide bonds. The quantitative estimate of drug-likeness (QED) is 0.898. The molecule has 0 saturated carbocycles. The van der Waals surface area contributed by atoms with Gasteiger partial charge in [-0.25, -0.2) is 0 Å². The highest BCUT2D eigenvalue weighted by Gasteiger charge is 2.32. The van der Waals surface area contributed by atoms with Gasteiger partial charge in [0.15, 0.2) is 0 Å². The van der Waals surface area contributed by atoms with Gasteiger partial charge in [0, 0.05) is 18.4 Å². The summed E-state index contributed by atoms with van der Waals surface area (Å²) in [5.41, 5.74) is 2.60. The van der Waals surface area contributed by atoms with Crippen molar-refractivity contribution in [2.24, 2.45) is 0 Å². The van der Waals surface area contributed by atoms with Crippen LogP contribution in [0.15, 0.2) is 72.7 Å². The Morgan fingerprint density at radius 1 is 0.900 bits per heavy atom. The fraction of sp³-hybridized carbons (Fsp3) is 0.176. The lowest BCUT2D eigenvalue weighted by Gasteiger charge is -2.20. The summed E-state index contributed by atoms with van der Waals surface area (Å²) < 4.78 is 0. The third kappa shape index (κ3) is 1.92. The monoisotopic (exact) mass is 263 g/mol. The van der Waals surface area contributed by atoms with Crippen molar-refractivity contribution in [1.82, 2.24) is 10.2 Å². The van der Waals surface area contributed by atoms with Crippen molar-refractivity contribution in [3.05, 3.63) is 78.2 Å². The zero-order valence-corrected chi connectivity index (χ0v) is 11.2. The first-order chi connectivity index (χ1) is 9.90. The Hall–Kier alpha value is -2.42. The Morgan fingerprint density at radius 3 is 2.30 bits per heavy atom. The zero-order valence-electron chi connectivity index (χ0n) is 11.2. The van der Waals surface area contributed by atoms with Gasteiger partial charge in [0.25, 0.3) is 0 Å². The van der Waals surface area contributed by atoms with Crippen molar-refractivity contribution in [1.29, 1.82) is 0 Å². The first kappa shape index (κ1) is 11.4. The van der Waals surface area contributed by atoms with E-state index in [1.807, 2.05) is 0 Å². The van der Waals surface area contributed by atoms with E-state index >= 15 is 0 Å². The van der Waals surface area contributed by atoms with Gasteiger partial charge in [0.05, 0.1) is 12.7 Å². The second-order valence-corrected chi connectivity index (χ2v) is 5.29. The number of para-hydroxylation sites is 1. The second-order valence-electron chi connectivity index (χ2n) is 5.29. The number of nitrogens with zero attached hydrogens (tertiary/aromatic N) is 2. The Balaban J connectivity index is 1.53. The summed E-state index contributed by atoms with van der Waals surface area (Å²) in [6, 6.07) is 21.6. The Labute approximate surface area is 119 Å². The van der Waals surface area contributed by atoms with Crippen LogP contribution in [-0.4, -0.2) is 18.1 Å². The molecule has 3 nitrogen and oxygen atoms in total. The normalized spacial score (nSPS) is 20.6.